The number of hydrogen-bond donors (Lipinski definition) is 3. The molecule has 2 aromatic rings. The third kappa shape index (κ3) is 8.46. The smallest absolute Gasteiger partial charge is 0.323 e. The second kappa shape index (κ2) is 12.8. The maximum atomic E-state index is 13.9. The first-order valence-corrected chi connectivity index (χ1v) is 14.4. The van der Waals surface area contributed by atoms with Crippen molar-refractivity contribution in [3.8, 4) is 0 Å². The number of nitrogen functional groups attached to an aromatic ring is 1. The molecule has 0 amide bonds. The zero-order valence-corrected chi connectivity index (χ0v) is 22.9. The lowest BCUT2D eigenvalue weighted by Crippen LogP contribution is -2.42. The lowest BCUT2D eigenvalue weighted by Gasteiger charge is -2.30. The molecule has 3 rings (SSSR count). The molecule has 1 saturated carbocycles. The van der Waals surface area contributed by atoms with E-state index in [1.807, 2.05) is 6.92 Å². The fraction of sp³-hybridized carbons (Fsp3) is 0.696. The van der Waals surface area contributed by atoms with Crippen LogP contribution in [0.5, 0.6) is 0 Å². The summed E-state index contributed by atoms with van der Waals surface area (Å²) in [5.74, 6) is -0.613. The highest BCUT2D eigenvalue weighted by Gasteiger charge is 2.33. The van der Waals surface area contributed by atoms with Gasteiger partial charge in [-0.25, -0.2) is 25.1 Å². The minimum atomic E-state index is -3.51. The van der Waals surface area contributed by atoms with Gasteiger partial charge in [0.1, 0.15) is 30.3 Å². The van der Waals surface area contributed by atoms with Crippen molar-refractivity contribution < 1.29 is 28.4 Å². The Morgan fingerprint density at radius 3 is 2.54 bits per heavy atom. The maximum absolute atomic E-state index is 13.9. The Labute approximate surface area is 216 Å². The SMILES string of the molecule is CC(C)OC(=O)C[C@@H](C)N[P@](=O)(CO[C@H](C)Cn1cnc2c(N)ncnc21)N[C@H](C)C(=O)OC1CCC1. The van der Waals surface area contributed by atoms with Gasteiger partial charge in [0.25, 0.3) is 0 Å². The number of aromatic nitrogens is 4. The van der Waals surface area contributed by atoms with Crippen molar-refractivity contribution in [2.45, 2.75) is 97.2 Å². The fourth-order valence-corrected chi connectivity index (χ4v) is 6.01. The number of carbonyl (C=O) groups is 2. The summed E-state index contributed by atoms with van der Waals surface area (Å²) < 4.78 is 32.3. The highest BCUT2D eigenvalue weighted by Crippen LogP contribution is 2.38. The minimum Gasteiger partial charge on any atom is -0.463 e. The number of anilines is 1. The first kappa shape index (κ1) is 29.0. The largest absolute Gasteiger partial charge is 0.463 e. The average molecular weight is 540 g/mol. The molecule has 1 aliphatic rings. The molecule has 2 heterocycles. The Morgan fingerprint density at radius 1 is 1.16 bits per heavy atom. The Hall–Kier alpha value is -2.60. The molecule has 37 heavy (non-hydrogen) atoms. The maximum Gasteiger partial charge on any atom is 0.323 e. The Morgan fingerprint density at radius 2 is 1.89 bits per heavy atom. The zero-order valence-electron chi connectivity index (χ0n) is 22.0. The molecule has 0 spiro atoms. The normalized spacial score (nSPS) is 18.1. The van der Waals surface area contributed by atoms with Gasteiger partial charge in [0.05, 0.1) is 31.5 Å². The van der Waals surface area contributed by atoms with Gasteiger partial charge in [0.15, 0.2) is 11.5 Å². The van der Waals surface area contributed by atoms with Crippen molar-refractivity contribution in [2.75, 3.05) is 12.1 Å². The van der Waals surface area contributed by atoms with Gasteiger partial charge in [0, 0.05) is 6.04 Å². The highest BCUT2D eigenvalue weighted by molar-refractivity contribution is 7.59. The zero-order chi connectivity index (χ0) is 27.2. The lowest BCUT2D eigenvalue weighted by molar-refractivity contribution is -0.154. The van der Waals surface area contributed by atoms with Crippen LogP contribution in [0.25, 0.3) is 11.2 Å². The van der Waals surface area contributed by atoms with Gasteiger partial charge in [-0.3, -0.25) is 14.2 Å². The van der Waals surface area contributed by atoms with E-state index in [-0.39, 0.29) is 30.8 Å². The number of nitrogens with two attached hydrogens (primary N) is 1. The summed E-state index contributed by atoms with van der Waals surface area (Å²) in [6.45, 7) is 9.02. The summed E-state index contributed by atoms with van der Waals surface area (Å²) >= 11 is 0. The molecule has 0 radical (unpaired) electrons. The number of rotatable bonds is 14. The minimum absolute atomic E-state index is 0.00244. The van der Waals surface area contributed by atoms with Crippen molar-refractivity contribution in [3.05, 3.63) is 12.7 Å². The molecule has 4 atom stereocenters. The molecule has 2 aromatic heterocycles. The molecule has 0 aliphatic heterocycles. The van der Waals surface area contributed by atoms with E-state index in [0.29, 0.717) is 17.7 Å². The van der Waals surface area contributed by atoms with E-state index < -0.39 is 37.6 Å². The molecule has 206 valence electrons. The van der Waals surface area contributed by atoms with Gasteiger partial charge in [0.2, 0.25) is 7.44 Å². The highest BCUT2D eigenvalue weighted by atomic mass is 31.2. The molecular weight excluding hydrogens is 501 g/mol. The summed E-state index contributed by atoms with van der Waals surface area (Å²) in [6, 6.07) is -1.35. The van der Waals surface area contributed by atoms with Gasteiger partial charge in [-0.2, -0.15) is 0 Å². The van der Waals surface area contributed by atoms with Crippen LogP contribution < -0.4 is 15.9 Å². The quantitative estimate of drug-likeness (QED) is 0.237. The number of ether oxygens (including phenoxy) is 3. The summed E-state index contributed by atoms with van der Waals surface area (Å²) in [4.78, 5) is 37.0. The van der Waals surface area contributed by atoms with Crippen LogP contribution in [-0.2, 0) is 34.9 Å². The second-order valence-electron chi connectivity index (χ2n) is 9.79. The Kier molecular flexibility index (Phi) is 10.00. The van der Waals surface area contributed by atoms with Crippen LogP contribution in [0.4, 0.5) is 5.82 Å². The predicted octanol–water partition coefficient (Wildman–Crippen LogP) is 2.36. The summed E-state index contributed by atoms with van der Waals surface area (Å²) in [5, 5.41) is 5.85. The lowest BCUT2D eigenvalue weighted by atomic mass is 9.96. The van der Waals surface area contributed by atoms with Crippen molar-refractivity contribution in [1.29, 1.82) is 0 Å². The number of carbonyl (C=O) groups excluding carboxylic acids is 2. The monoisotopic (exact) mass is 539 g/mol. The van der Waals surface area contributed by atoms with Crippen molar-refractivity contribution in [1.82, 2.24) is 29.7 Å². The van der Waals surface area contributed by atoms with E-state index in [1.54, 1.807) is 38.6 Å². The molecule has 0 saturated heterocycles. The first-order chi connectivity index (χ1) is 17.5. The molecule has 14 heteroatoms. The Bertz CT molecular complexity index is 1120. The molecule has 1 aliphatic carbocycles. The van der Waals surface area contributed by atoms with Crippen LogP contribution >= 0.6 is 7.44 Å². The van der Waals surface area contributed by atoms with Crippen LogP contribution in [-0.4, -0.2) is 68.2 Å². The molecular formula is C23H38N7O6P. The van der Waals surface area contributed by atoms with Crippen LogP contribution in [0.3, 0.4) is 0 Å². The Balaban J connectivity index is 1.64. The van der Waals surface area contributed by atoms with E-state index >= 15 is 0 Å². The van der Waals surface area contributed by atoms with E-state index in [4.69, 9.17) is 19.9 Å². The van der Waals surface area contributed by atoms with Crippen LogP contribution in [0, 0.1) is 0 Å². The van der Waals surface area contributed by atoms with Gasteiger partial charge < -0.3 is 24.5 Å². The molecule has 13 nitrogen and oxygen atoms in total. The van der Waals surface area contributed by atoms with Crippen LogP contribution in [0.2, 0.25) is 0 Å². The summed E-state index contributed by atoms with van der Waals surface area (Å²) in [7, 11) is -3.51. The molecule has 0 aromatic carbocycles. The van der Waals surface area contributed by atoms with E-state index in [9.17, 15) is 14.2 Å². The third-order valence-electron chi connectivity index (χ3n) is 5.78. The third-order valence-corrected chi connectivity index (χ3v) is 7.96. The van der Waals surface area contributed by atoms with Gasteiger partial charge in [-0.05, 0) is 53.9 Å². The second-order valence-corrected chi connectivity index (χ2v) is 12.0. The van der Waals surface area contributed by atoms with E-state index in [2.05, 4.69) is 25.1 Å². The summed E-state index contributed by atoms with van der Waals surface area (Å²) in [5.41, 5.74) is 6.91. The van der Waals surface area contributed by atoms with E-state index in [1.165, 1.54) is 6.33 Å². The van der Waals surface area contributed by atoms with Crippen LogP contribution in [0.15, 0.2) is 12.7 Å². The van der Waals surface area contributed by atoms with Gasteiger partial charge >= 0.3 is 11.9 Å². The molecule has 0 bridgehead atoms. The standard InChI is InChI=1S/C23H38N7O6P/c1-14(2)35-19(31)9-15(3)28-37(33,29-17(5)23(32)36-18-7-6-8-18)13-34-16(4)10-30-12-27-20-21(24)25-11-26-22(20)30/h11-12,14-18H,6-10,13H2,1-5H3,(H2,24,25,26)(H2,28,29,33)/t15-,16-,17-,37-/m1/s1. The average Bonchev–Trinajstić information content (AvgIpc) is 3.17. The molecule has 0 unspecified atom stereocenters. The molecule has 4 N–H and O–H groups in total. The van der Waals surface area contributed by atoms with E-state index in [0.717, 1.165) is 19.3 Å². The number of imidazole rings is 1. The fourth-order valence-electron chi connectivity index (χ4n) is 3.79. The van der Waals surface area contributed by atoms with Gasteiger partial charge in [-0.1, -0.05) is 0 Å². The van der Waals surface area contributed by atoms with Crippen molar-refractivity contribution >= 4 is 36.4 Å². The number of nitrogens with zero attached hydrogens (tertiary/aromatic N) is 4. The number of nitrogens with one attached hydrogen (secondary N) is 2. The number of hydrogen-bond acceptors (Lipinski definition) is 10. The number of esters is 2. The van der Waals surface area contributed by atoms with Crippen molar-refractivity contribution in [2.24, 2.45) is 0 Å². The summed E-state index contributed by atoms with van der Waals surface area (Å²) in [6.07, 6.45) is 4.68. The molecule has 1 fully saturated rings. The first-order valence-electron chi connectivity index (χ1n) is 12.5. The van der Waals surface area contributed by atoms with Gasteiger partial charge in [-0.15, -0.1) is 0 Å². The topological polar surface area (TPSA) is 173 Å². The van der Waals surface area contributed by atoms with Crippen LogP contribution in [0.1, 0.15) is 60.3 Å². The van der Waals surface area contributed by atoms with Crippen molar-refractivity contribution in [3.63, 3.8) is 0 Å². The predicted molar refractivity (Wildman–Crippen MR) is 138 cm³/mol. The number of fused-ring (bicyclic) bond motifs is 1.